The van der Waals surface area contributed by atoms with Crippen LogP contribution in [0.5, 0.6) is 0 Å². The summed E-state index contributed by atoms with van der Waals surface area (Å²) in [6.07, 6.45) is 0.476. The van der Waals surface area contributed by atoms with Crippen LogP contribution in [0.1, 0.15) is 55.4 Å². The van der Waals surface area contributed by atoms with Crippen molar-refractivity contribution >= 4 is 7.12 Å². The van der Waals surface area contributed by atoms with Gasteiger partial charge in [-0.15, -0.1) is 5.31 Å². The molecule has 0 fully saturated rings. The summed E-state index contributed by atoms with van der Waals surface area (Å²) < 4.78 is 11.9. The molecule has 16 heavy (non-hydrogen) atoms. The molecule has 0 aromatic carbocycles. The van der Waals surface area contributed by atoms with Gasteiger partial charge in [0.25, 0.3) is 0 Å². The Kier molecular flexibility index (Phi) is 9.85. The van der Waals surface area contributed by atoms with Crippen molar-refractivity contribution in [2.45, 2.75) is 72.9 Å². The molecule has 0 aromatic rings. The van der Waals surface area contributed by atoms with Crippen LogP contribution in [0.2, 0.25) is 5.31 Å². The molecule has 92 valence electrons. The smallest absolute Gasteiger partial charge is 0.568 e. The van der Waals surface area contributed by atoms with E-state index in [4.69, 9.17) is 9.31 Å². The van der Waals surface area contributed by atoms with Crippen molar-refractivity contribution in [1.82, 2.24) is 0 Å². The van der Waals surface area contributed by atoms with Crippen LogP contribution in [0.15, 0.2) is 0 Å². The van der Waals surface area contributed by atoms with Gasteiger partial charge in [0.15, 0.2) is 0 Å². The van der Waals surface area contributed by atoms with Gasteiger partial charge in [0.1, 0.15) is 0 Å². The zero-order valence-corrected chi connectivity index (χ0v) is 14.8. The van der Waals surface area contributed by atoms with E-state index in [-0.39, 0.29) is 47.1 Å². The standard InChI is InChI=1S/C12H28BO2.Na/c1-9(2)12(7,8)13(14-10(3)4)15-11(5)6;/h9-11,13H,1-8H3;/q-1;+1. The van der Waals surface area contributed by atoms with E-state index in [1.54, 1.807) is 0 Å². The minimum atomic E-state index is -1.02. The summed E-state index contributed by atoms with van der Waals surface area (Å²) >= 11 is 0. The predicted molar refractivity (Wildman–Crippen MR) is 68.5 cm³/mol. The predicted octanol–water partition coefficient (Wildman–Crippen LogP) is 0.497. The van der Waals surface area contributed by atoms with Crippen molar-refractivity contribution in [2.75, 3.05) is 0 Å². The molecule has 0 saturated carbocycles. The van der Waals surface area contributed by atoms with Crippen LogP contribution in [0.4, 0.5) is 0 Å². The molecule has 0 radical (unpaired) electrons. The number of hydrogen-bond acceptors (Lipinski definition) is 2. The first-order chi connectivity index (χ1) is 6.67. The zero-order valence-electron chi connectivity index (χ0n) is 12.8. The van der Waals surface area contributed by atoms with Crippen molar-refractivity contribution < 1.29 is 38.9 Å². The molecule has 0 atom stereocenters. The van der Waals surface area contributed by atoms with Gasteiger partial charge in [-0.1, -0.05) is 33.6 Å². The van der Waals surface area contributed by atoms with Crippen LogP contribution in [0.25, 0.3) is 0 Å². The van der Waals surface area contributed by atoms with Gasteiger partial charge in [-0.3, -0.25) is 0 Å². The fraction of sp³-hybridized carbons (Fsp3) is 1.00. The molecular formula is C12H28BNaO2. The van der Waals surface area contributed by atoms with Crippen LogP contribution in [0.3, 0.4) is 0 Å². The maximum absolute atomic E-state index is 5.95. The molecule has 0 aliphatic rings. The minimum absolute atomic E-state index is 0. The Morgan fingerprint density at radius 1 is 0.812 bits per heavy atom. The van der Waals surface area contributed by atoms with E-state index in [0.29, 0.717) is 5.92 Å². The van der Waals surface area contributed by atoms with Crippen molar-refractivity contribution in [3.05, 3.63) is 0 Å². The molecule has 0 heterocycles. The quantitative estimate of drug-likeness (QED) is 0.627. The van der Waals surface area contributed by atoms with Crippen LogP contribution < -0.4 is 29.6 Å². The van der Waals surface area contributed by atoms with E-state index >= 15 is 0 Å². The van der Waals surface area contributed by atoms with E-state index in [1.165, 1.54) is 0 Å². The first kappa shape index (κ1) is 19.3. The molecule has 0 amide bonds. The number of rotatable bonds is 6. The first-order valence-electron chi connectivity index (χ1n) is 6.16. The van der Waals surface area contributed by atoms with Crippen LogP contribution >= 0.6 is 0 Å². The Balaban J connectivity index is 0. The second-order valence-corrected chi connectivity index (χ2v) is 5.98. The van der Waals surface area contributed by atoms with Crippen LogP contribution in [-0.2, 0) is 9.31 Å². The third kappa shape index (κ3) is 6.66. The summed E-state index contributed by atoms with van der Waals surface area (Å²) in [7, 11) is -1.02. The second kappa shape index (κ2) is 8.15. The van der Waals surface area contributed by atoms with Gasteiger partial charge in [0.2, 0.25) is 7.12 Å². The van der Waals surface area contributed by atoms with Crippen molar-refractivity contribution in [3.63, 3.8) is 0 Å². The maximum Gasteiger partial charge on any atom is 1.00 e. The number of hydrogen-bond donors (Lipinski definition) is 0. The third-order valence-corrected chi connectivity index (χ3v) is 3.28. The summed E-state index contributed by atoms with van der Waals surface area (Å²) in [6, 6.07) is 0. The molecule has 0 aliphatic carbocycles. The average Bonchev–Trinajstić information content (AvgIpc) is 2.00. The van der Waals surface area contributed by atoms with E-state index < -0.39 is 7.12 Å². The summed E-state index contributed by atoms with van der Waals surface area (Å²) in [5.41, 5.74) is 0. The minimum Gasteiger partial charge on any atom is -0.568 e. The summed E-state index contributed by atoms with van der Waals surface area (Å²) in [5, 5.41) is 0.120. The fourth-order valence-corrected chi connectivity index (χ4v) is 1.41. The van der Waals surface area contributed by atoms with Crippen molar-refractivity contribution in [1.29, 1.82) is 0 Å². The van der Waals surface area contributed by atoms with E-state index in [2.05, 4.69) is 55.4 Å². The molecule has 0 aliphatic heterocycles. The SMILES string of the molecule is CC(C)O[BH-](OC(C)C)C(C)(C)C(C)C.[Na+]. The van der Waals surface area contributed by atoms with E-state index in [1.807, 2.05) is 0 Å². The van der Waals surface area contributed by atoms with Crippen LogP contribution in [0, 0.1) is 5.92 Å². The molecule has 0 N–H and O–H groups in total. The Hall–Kier alpha value is 0.985. The molecular weight excluding hydrogens is 210 g/mol. The second-order valence-electron chi connectivity index (χ2n) is 5.98. The molecule has 4 heteroatoms. The fourth-order valence-electron chi connectivity index (χ4n) is 1.41. The van der Waals surface area contributed by atoms with Gasteiger partial charge in [-0.2, -0.15) is 0 Å². The Bertz CT molecular complexity index is 172. The molecule has 0 rings (SSSR count). The summed E-state index contributed by atoms with van der Waals surface area (Å²) in [6.45, 7) is 17.2. The van der Waals surface area contributed by atoms with Crippen LogP contribution in [-0.4, -0.2) is 19.3 Å². The third-order valence-electron chi connectivity index (χ3n) is 3.28. The van der Waals surface area contributed by atoms with E-state index in [0.717, 1.165) is 0 Å². The van der Waals surface area contributed by atoms with Gasteiger partial charge in [0, 0.05) is 12.2 Å². The monoisotopic (exact) mass is 238 g/mol. The maximum atomic E-state index is 5.95. The van der Waals surface area contributed by atoms with Crippen molar-refractivity contribution in [2.24, 2.45) is 5.92 Å². The molecule has 0 spiro atoms. The normalized spacial score (nSPS) is 12.8. The van der Waals surface area contributed by atoms with Gasteiger partial charge in [-0.25, -0.2) is 0 Å². The van der Waals surface area contributed by atoms with Gasteiger partial charge in [0.05, 0.1) is 0 Å². The first-order valence-corrected chi connectivity index (χ1v) is 6.16. The topological polar surface area (TPSA) is 18.5 Å². The molecule has 0 unspecified atom stereocenters. The molecule has 0 bridgehead atoms. The van der Waals surface area contributed by atoms with E-state index in [9.17, 15) is 0 Å². The zero-order chi connectivity index (χ0) is 12.2. The average molecular weight is 238 g/mol. The molecule has 0 aromatic heterocycles. The largest absolute Gasteiger partial charge is 1.00 e. The summed E-state index contributed by atoms with van der Waals surface area (Å²) in [5.74, 6) is 0.565. The van der Waals surface area contributed by atoms with Gasteiger partial charge < -0.3 is 9.31 Å². The van der Waals surface area contributed by atoms with Gasteiger partial charge >= 0.3 is 29.6 Å². The molecule has 2 nitrogen and oxygen atoms in total. The molecule has 0 saturated heterocycles. The summed E-state index contributed by atoms with van der Waals surface area (Å²) in [4.78, 5) is 0. The Labute approximate surface area is 124 Å². The Morgan fingerprint density at radius 3 is 1.31 bits per heavy atom. The van der Waals surface area contributed by atoms with Gasteiger partial charge in [-0.05, 0) is 27.7 Å². The van der Waals surface area contributed by atoms with Crippen molar-refractivity contribution in [3.8, 4) is 0 Å². The Morgan fingerprint density at radius 2 is 1.12 bits per heavy atom.